The SMILES string of the molecule is COc1ccc([C@@H]2CC(=O)Nc3c2c(C)nn3-c2ccc(OC)nn2)cc1. The van der Waals surface area contributed by atoms with Crippen LogP contribution in [-0.4, -0.2) is 40.1 Å². The summed E-state index contributed by atoms with van der Waals surface area (Å²) >= 11 is 0. The van der Waals surface area contributed by atoms with Gasteiger partial charge < -0.3 is 14.8 Å². The van der Waals surface area contributed by atoms with Gasteiger partial charge in [0.1, 0.15) is 11.6 Å². The first-order valence-electron chi connectivity index (χ1n) is 8.52. The molecule has 0 saturated heterocycles. The number of hydrogen-bond acceptors (Lipinski definition) is 6. The summed E-state index contributed by atoms with van der Waals surface area (Å²) in [6.45, 7) is 1.93. The second-order valence-electron chi connectivity index (χ2n) is 6.27. The number of rotatable bonds is 4. The van der Waals surface area contributed by atoms with Crippen LogP contribution < -0.4 is 14.8 Å². The summed E-state index contributed by atoms with van der Waals surface area (Å²) < 4.78 is 11.9. The zero-order valence-electron chi connectivity index (χ0n) is 15.3. The molecule has 0 bridgehead atoms. The molecule has 8 heteroatoms. The van der Waals surface area contributed by atoms with Crippen molar-refractivity contribution < 1.29 is 14.3 Å². The molecule has 3 aromatic rings. The predicted molar refractivity (Wildman–Crippen MR) is 98.5 cm³/mol. The summed E-state index contributed by atoms with van der Waals surface area (Å²) in [7, 11) is 3.16. The van der Waals surface area contributed by atoms with Crippen molar-refractivity contribution in [3.63, 3.8) is 0 Å². The number of methoxy groups -OCH3 is 2. The quantitative estimate of drug-likeness (QED) is 0.764. The molecule has 138 valence electrons. The van der Waals surface area contributed by atoms with Crippen LogP contribution in [0.3, 0.4) is 0 Å². The number of aryl methyl sites for hydroxylation is 1. The highest BCUT2D eigenvalue weighted by molar-refractivity contribution is 5.95. The first-order chi connectivity index (χ1) is 13.1. The number of hydrogen-bond donors (Lipinski definition) is 1. The fraction of sp³-hybridized carbons (Fsp3) is 0.263. The normalized spacial score (nSPS) is 15.8. The third-order valence-corrected chi connectivity index (χ3v) is 4.67. The smallest absolute Gasteiger partial charge is 0.233 e. The lowest BCUT2D eigenvalue weighted by Crippen LogP contribution is -2.25. The van der Waals surface area contributed by atoms with E-state index in [0.29, 0.717) is 23.9 Å². The highest BCUT2D eigenvalue weighted by Gasteiger charge is 2.33. The Labute approximate surface area is 156 Å². The number of anilines is 1. The number of amides is 1. The lowest BCUT2D eigenvalue weighted by molar-refractivity contribution is -0.116. The summed E-state index contributed by atoms with van der Waals surface area (Å²) in [4.78, 5) is 12.4. The van der Waals surface area contributed by atoms with Crippen LogP contribution in [-0.2, 0) is 4.79 Å². The Kier molecular flexibility index (Phi) is 4.23. The van der Waals surface area contributed by atoms with Crippen molar-refractivity contribution in [3.8, 4) is 17.4 Å². The first-order valence-corrected chi connectivity index (χ1v) is 8.52. The third kappa shape index (κ3) is 2.99. The third-order valence-electron chi connectivity index (χ3n) is 4.67. The standard InChI is InChI=1S/C19H19N5O3/c1-11-18-14(12-4-6-13(26-2)7-5-12)10-16(25)20-19(18)24(23-11)15-8-9-17(27-3)22-21-15/h4-9,14H,10H2,1-3H3,(H,20,25)/t14-/m0/s1. The van der Waals surface area contributed by atoms with Crippen molar-refractivity contribution in [3.05, 3.63) is 53.2 Å². The number of nitrogens with one attached hydrogen (secondary N) is 1. The number of benzene rings is 1. The zero-order chi connectivity index (χ0) is 19.0. The number of nitrogens with zero attached hydrogens (tertiary/aromatic N) is 4. The number of carbonyl (C=O) groups is 1. The Balaban J connectivity index is 1.79. The van der Waals surface area contributed by atoms with E-state index in [9.17, 15) is 4.79 Å². The van der Waals surface area contributed by atoms with Gasteiger partial charge in [-0.3, -0.25) is 4.79 Å². The molecule has 3 heterocycles. The van der Waals surface area contributed by atoms with Gasteiger partial charge in [0.05, 0.1) is 19.9 Å². The van der Waals surface area contributed by atoms with E-state index in [1.54, 1.807) is 23.9 Å². The van der Waals surface area contributed by atoms with Gasteiger partial charge in [0.2, 0.25) is 11.8 Å². The molecule has 0 saturated carbocycles. The highest BCUT2D eigenvalue weighted by Crippen LogP contribution is 2.40. The minimum absolute atomic E-state index is 0.0639. The van der Waals surface area contributed by atoms with Gasteiger partial charge in [-0.15, -0.1) is 10.2 Å². The Morgan fingerprint density at radius 1 is 1.07 bits per heavy atom. The molecule has 1 aromatic carbocycles. The highest BCUT2D eigenvalue weighted by atomic mass is 16.5. The molecular formula is C19H19N5O3. The summed E-state index contributed by atoms with van der Waals surface area (Å²) in [6, 6.07) is 11.2. The Morgan fingerprint density at radius 3 is 2.48 bits per heavy atom. The Morgan fingerprint density at radius 2 is 1.85 bits per heavy atom. The maximum Gasteiger partial charge on any atom is 0.233 e. The molecule has 0 fully saturated rings. The van der Waals surface area contributed by atoms with Gasteiger partial charge in [-0.1, -0.05) is 12.1 Å². The van der Waals surface area contributed by atoms with E-state index in [4.69, 9.17) is 9.47 Å². The van der Waals surface area contributed by atoms with E-state index in [0.717, 1.165) is 22.6 Å². The van der Waals surface area contributed by atoms with Gasteiger partial charge in [-0.2, -0.15) is 9.78 Å². The summed E-state index contributed by atoms with van der Waals surface area (Å²) in [5, 5.41) is 15.7. The van der Waals surface area contributed by atoms with Crippen molar-refractivity contribution in [1.29, 1.82) is 0 Å². The summed E-state index contributed by atoms with van der Waals surface area (Å²) in [6.07, 6.45) is 0.361. The maximum atomic E-state index is 12.4. The van der Waals surface area contributed by atoms with E-state index >= 15 is 0 Å². The van der Waals surface area contributed by atoms with Crippen molar-refractivity contribution in [2.75, 3.05) is 19.5 Å². The zero-order valence-corrected chi connectivity index (χ0v) is 15.3. The molecule has 2 aromatic heterocycles. The number of carbonyl (C=O) groups excluding carboxylic acids is 1. The van der Waals surface area contributed by atoms with E-state index < -0.39 is 0 Å². The van der Waals surface area contributed by atoms with Gasteiger partial charge in [0.25, 0.3) is 0 Å². The van der Waals surface area contributed by atoms with Gasteiger partial charge in [-0.05, 0) is 30.7 Å². The molecule has 0 unspecified atom stereocenters. The molecule has 1 aliphatic rings. The van der Waals surface area contributed by atoms with Crippen LogP contribution in [0.25, 0.3) is 5.82 Å². The van der Waals surface area contributed by atoms with E-state index in [1.165, 1.54) is 7.11 Å². The topological polar surface area (TPSA) is 91.2 Å². The van der Waals surface area contributed by atoms with Crippen LogP contribution in [0.15, 0.2) is 36.4 Å². The lowest BCUT2D eigenvalue weighted by atomic mass is 9.86. The largest absolute Gasteiger partial charge is 0.497 e. The van der Waals surface area contributed by atoms with Crippen LogP contribution in [0.1, 0.15) is 29.2 Å². The van der Waals surface area contributed by atoms with E-state index in [-0.39, 0.29) is 11.8 Å². The van der Waals surface area contributed by atoms with Crippen molar-refractivity contribution in [1.82, 2.24) is 20.0 Å². The van der Waals surface area contributed by atoms with Crippen LogP contribution >= 0.6 is 0 Å². The molecule has 8 nitrogen and oxygen atoms in total. The molecule has 1 N–H and O–H groups in total. The molecule has 4 rings (SSSR count). The average Bonchev–Trinajstić information content (AvgIpc) is 3.04. The van der Waals surface area contributed by atoms with Gasteiger partial charge in [-0.25, -0.2) is 0 Å². The van der Waals surface area contributed by atoms with E-state index in [2.05, 4.69) is 20.6 Å². The van der Waals surface area contributed by atoms with Crippen molar-refractivity contribution in [2.45, 2.75) is 19.3 Å². The Bertz CT molecular complexity index is 980. The van der Waals surface area contributed by atoms with Gasteiger partial charge in [0.15, 0.2) is 5.82 Å². The van der Waals surface area contributed by atoms with Crippen LogP contribution in [0.4, 0.5) is 5.82 Å². The first kappa shape index (κ1) is 17.0. The molecule has 1 atom stereocenters. The Hall–Kier alpha value is -3.42. The molecule has 27 heavy (non-hydrogen) atoms. The average molecular weight is 365 g/mol. The fourth-order valence-electron chi connectivity index (χ4n) is 3.37. The van der Waals surface area contributed by atoms with Gasteiger partial charge in [0, 0.05) is 24.0 Å². The second kappa shape index (κ2) is 6.71. The lowest BCUT2D eigenvalue weighted by Gasteiger charge is -2.24. The number of ether oxygens (including phenoxy) is 2. The van der Waals surface area contributed by atoms with Crippen LogP contribution in [0, 0.1) is 6.92 Å². The molecule has 1 amide bonds. The molecule has 0 spiro atoms. The molecular weight excluding hydrogens is 346 g/mol. The number of fused-ring (bicyclic) bond motifs is 1. The summed E-state index contributed by atoms with van der Waals surface area (Å²) in [5.41, 5.74) is 2.86. The maximum absolute atomic E-state index is 12.4. The van der Waals surface area contributed by atoms with Crippen molar-refractivity contribution in [2.24, 2.45) is 0 Å². The molecule has 0 aliphatic carbocycles. The predicted octanol–water partition coefficient (Wildman–Crippen LogP) is 2.46. The van der Waals surface area contributed by atoms with Crippen LogP contribution in [0.2, 0.25) is 0 Å². The van der Waals surface area contributed by atoms with Crippen molar-refractivity contribution >= 4 is 11.7 Å². The monoisotopic (exact) mass is 365 g/mol. The second-order valence-corrected chi connectivity index (χ2v) is 6.27. The molecule has 1 aliphatic heterocycles. The van der Waals surface area contributed by atoms with Crippen LogP contribution in [0.5, 0.6) is 11.6 Å². The molecule has 0 radical (unpaired) electrons. The summed E-state index contributed by atoms with van der Waals surface area (Å²) in [5.74, 6) is 2.18. The minimum Gasteiger partial charge on any atom is -0.497 e. The van der Waals surface area contributed by atoms with E-state index in [1.807, 2.05) is 31.2 Å². The number of aromatic nitrogens is 4. The van der Waals surface area contributed by atoms with Gasteiger partial charge >= 0.3 is 0 Å². The minimum atomic E-state index is -0.0837. The fourth-order valence-corrected chi connectivity index (χ4v) is 3.37.